The van der Waals surface area contributed by atoms with E-state index in [1.54, 1.807) is 0 Å². The Morgan fingerprint density at radius 3 is 2.64 bits per heavy atom. The predicted octanol–water partition coefficient (Wildman–Crippen LogP) is 2.11. The Kier molecular flexibility index (Phi) is 3.27. The standard InChI is InChI=1S/C14H9BF3NO3/c1-5-11(18)9(17)2-6-12(5)19(10-3-8(10)16)4-7(13(6)20)14(21)22-15/h2,4,8,10H,3H2,1H3/t8-,10+/m0/s1. The largest absolute Gasteiger partial charge is 0.540 e. The molecular weight excluding hydrogens is 298 g/mol. The first kappa shape index (κ1) is 14.7. The molecule has 1 aliphatic carbocycles. The van der Waals surface area contributed by atoms with Crippen molar-refractivity contribution >= 4 is 24.9 Å². The number of fused-ring (bicyclic) bond motifs is 1. The molecule has 1 heterocycles. The normalized spacial score (nSPS) is 20.2. The van der Waals surface area contributed by atoms with Gasteiger partial charge in [0.15, 0.2) is 11.6 Å². The Labute approximate surface area is 123 Å². The monoisotopic (exact) mass is 307 g/mol. The van der Waals surface area contributed by atoms with Crippen LogP contribution in [0.2, 0.25) is 0 Å². The molecule has 112 valence electrons. The number of aromatic nitrogens is 1. The zero-order chi connectivity index (χ0) is 16.2. The highest BCUT2D eigenvalue weighted by Crippen LogP contribution is 2.41. The number of benzene rings is 1. The summed E-state index contributed by atoms with van der Waals surface area (Å²) < 4.78 is 46.1. The summed E-state index contributed by atoms with van der Waals surface area (Å²) in [6, 6.07) is 0.0513. The Bertz CT molecular complexity index is 865. The number of rotatable bonds is 2. The molecule has 2 aromatic rings. The van der Waals surface area contributed by atoms with E-state index in [1.807, 2.05) is 0 Å². The molecule has 0 bridgehead atoms. The smallest absolute Gasteiger partial charge is 0.378 e. The summed E-state index contributed by atoms with van der Waals surface area (Å²) in [5.41, 5.74) is -1.37. The third kappa shape index (κ3) is 2.01. The second-order valence-corrected chi connectivity index (χ2v) is 5.20. The van der Waals surface area contributed by atoms with Crippen molar-refractivity contribution in [2.45, 2.75) is 25.6 Å². The second-order valence-electron chi connectivity index (χ2n) is 5.20. The van der Waals surface area contributed by atoms with Crippen LogP contribution < -0.4 is 5.43 Å². The van der Waals surface area contributed by atoms with Gasteiger partial charge < -0.3 is 9.22 Å². The number of carbonyl (C=O) groups is 1. The number of hydrogen-bond donors (Lipinski definition) is 0. The molecule has 0 aliphatic heterocycles. The quantitative estimate of drug-likeness (QED) is 0.799. The lowest BCUT2D eigenvalue weighted by Crippen LogP contribution is -2.21. The molecule has 8 heteroatoms. The van der Waals surface area contributed by atoms with Crippen LogP contribution in [0.15, 0.2) is 17.1 Å². The second kappa shape index (κ2) is 4.89. The van der Waals surface area contributed by atoms with Crippen molar-refractivity contribution in [2.24, 2.45) is 0 Å². The minimum Gasteiger partial charge on any atom is -0.540 e. The highest BCUT2D eigenvalue weighted by Gasteiger charge is 2.40. The minimum absolute atomic E-state index is 0.0580. The maximum Gasteiger partial charge on any atom is 0.378 e. The molecule has 0 spiro atoms. The molecule has 4 nitrogen and oxygen atoms in total. The maximum absolute atomic E-state index is 13.8. The summed E-state index contributed by atoms with van der Waals surface area (Å²) in [7, 11) is 4.76. The van der Waals surface area contributed by atoms with Crippen molar-refractivity contribution in [3.63, 3.8) is 0 Å². The van der Waals surface area contributed by atoms with E-state index in [-0.39, 0.29) is 22.9 Å². The average Bonchev–Trinajstić information content (AvgIpc) is 3.22. The fraction of sp³-hybridized carbons (Fsp3) is 0.286. The number of pyridine rings is 1. The van der Waals surface area contributed by atoms with Gasteiger partial charge in [-0.3, -0.25) is 4.79 Å². The van der Waals surface area contributed by atoms with Gasteiger partial charge in [0.25, 0.3) is 0 Å². The molecule has 22 heavy (non-hydrogen) atoms. The van der Waals surface area contributed by atoms with E-state index in [2.05, 4.69) is 4.65 Å². The number of carbonyl (C=O) groups excluding carboxylic acids is 1. The van der Waals surface area contributed by atoms with E-state index in [9.17, 15) is 22.8 Å². The van der Waals surface area contributed by atoms with Gasteiger partial charge in [0.2, 0.25) is 5.43 Å². The molecular formula is C14H9BF3NO3. The SMILES string of the molecule is [B]OC(=O)c1cn([C@@H]2C[C@@H]2F)c2c(C)c(F)c(F)cc2c1=O. The van der Waals surface area contributed by atoms with Crippen molar-refractivity contribution in [1.82, 2.24) is 4.57 Å². The van der Waals surface area contributed by atoms with Crippen LogP contribution in [0.5, 0.6) is 0 Å². The van der Waals surface area contributed by atoms with Crippen molar-refractivity contribution in [2.75, 3.05) is 0 Å². The summed E-state index contributed by atoms with van der Waals surface area (Å²) in [5.74, 6) is -3.47. The lowest BCUT2D eigenvalue weighted by atomic mass is 10.1. The number of halogens is 3. The van der Waals surface area contributed by atoms with Gasteiger partial charge in [-0.1, -0.05) is 0 Å². The van der Waals surface area contributed by atoms with Gasteiger partial charge in [-0.05, 0) is 13.0 Å². The molecule has 1 aromatic heterocycles. The predicted molar refractivity (Wildman–Crippen MR) is 72.6 cm³/mol. The average molecular weight is 307 g/mol. The van der Waals surface area contributed by atoms with Crippen LogP contribution in [-0.4, -0.2) is 24.8 Å². The van der Waals surface area contributed by atoms with Gasteiger partial charge in [0, 0.05) is 23.6 Å². The van der Waals surface area contributed by atoms with E-state index in [4.69, 9.17) is 8.05 Å². The van der Waals surface area contributed by atoms with E-state index in [0.29, 0.717) is 6.07 Å². The molecule has 0 amide bonds. The van der Waals surface area contributed by atoms with Crippen LogP contribution in [0.1, 0.15) is 28.4 Å². The topological polar surface area (TPSA) is 48.3 Å². The molecule has 0 N–H and O–H groups in total. The fourth-order valence-corrected chi connectivity index (χ4v) is 2.57. The molecule has 2 radical (unpaired) electrons. The van der Waals surface area contributed by atoms with Crippen LogP contribution >= 0.6 is 0 Å². The van der Waals surface area contributed by atoms with Gasteiger partial charge in [-0.25, -0.2) is 18.0 Å². The molecule has 0 unspecified atom stereocenters. The Balaban J connectivity index is 2.45. The third-order valence-corrected chi connectivity index (χ3v) is 3.80. The lowest BCUT2D eigenvalue weighted by Gasteiger charge is -2.15. The summed E-state index contributed by atoms with van der Waals surface area (Å²) >= 11 is 0. The first-order valence-corrected chi connectivity index (χ1v) is 6.45. The van der Waals surface area contributed by atoms with Crippen molar-refractivity contribution < 1.29 is 22.6 Å². The van der Waals surface area contributed by atoms with Crippen molar-refractivity contribution in [3.05, 3.63) is 45.2 Å². The Morgan fingerprint density at radius 2 is 2.09 bits per heavy atom. The van der Waals surface area contributed by atoms with Gasteiger partial charge in [0.1, 0.15) is 11.7 Å². The van der Waals surface area contributed by atoms with E-state index in [1.165, 1.54) is 11.5 Å². The summed E-state index contributed by atoms with van der Waals surface area (Å²) in [6.45, 7) is 1.28. The van der Waals surface area contributed by atoms with Gasteiger partial charge in [-0.2, -0.15) is 0 Å². The zero-order valence-electron chi connectivity index (χ0n) is 11.4. The van der Waals surface area contributed by atoms with Crippen LogP contribution in [0.3, 0.4) is 0 Å². The third-order valence-electron chi connectivity index (χ3n) is 3.80. The van der Waals surface area contributed by atoms with Gasteiger partial charge >= 0.3 is 14.0 Å². The summed E-state index contributed by atoms with van der Waals surface area (Å²) in [6.07, 6.45) is 0.0575. The molecule has 3 rings (SSSR count). The molecule has 1 fully saturated rings. The molecule has 1 aliphatic rings. The first-order chi connectivity index (χ1) is 10.4. The molecule has 1 aromatic carbocycles. The lowest BCUT2D eigenvalue weighted by molar-refractivity contribution is 0.0747. The molecule has 0 saturated heterocycles. The number of hydrogen-bond acceptors (Lipinski definition) is 3. The minimum atomic E-state index is -1.22. The number of nitrogens with zero attached hydrogens (tertiary/aromatic N) is 1. The van der Waals surface area contributed by atoms with Crippen molar-refractivity contribution in [1.29, 1.82) is 0 Å². The van der Waals surface area contributed by atoms with Crippen molar-refractivity contribution in [3.8, 4) is 0 Å². The highest BCUT2D eigenvalue weighted by molar-refractivity contribution is 6.10. The fourth-order valence-electron chi connectivity index (χ4n) is 2.57. The number of aryl methyl sites for hydroxylation is 1. The molecule has 2 atom stereocenters. The van der Waals surface area contributed by atoms with Gasteiger partial charge in [0.05, 0.1) is 11.6 Å². The Morgan fingerprint density at radius 1 is 1.45 bits per heavy atom. The number of alkyl halides is 1. The Hall–Kier alpha value is -2.25. The van der Waals surface area contributed by atoms with Crippen LogP contribution in [-0.2, 0) is 4.65 Å². The molecule has 1 saturated carbocycles. The summed E-state index contributed by atoms with van der Waals surface area (Å²) in [4.78, 5) is 23.8. The maximum atomic E-state index is 13.8. The van der Waals surface area contributed by atoms with Crippen LogP contribution in [0.4, 0.5) is 13.2 Å². The zero-order valence-corrected chi connectivity index (χ0v) is 11.4. The van der Waals surface area contributed by atoms with Gasteiger partial charge in [-0.15, -0.1) is 0 Å². The van der Waals surface area contributed by atoms with Crippen LogP contribution in [0.25, 0.3) is 10.9 Å². The first-order valence-electron chi connectivity index (χ1n) is 6.45. The summed E-state index contributed by atoms with van der Waals surface area (Å²) in [5, 5.41) is -0.224. The van der Waals surface area contributed by atoms with E-state index in [0.717, 1.165) is 6.20 Å². The van der Waals surface area contributed by atoms with Crippen LogP contribution in [0, 0.1) is 18.6 Å². The van der Waals surface area contributed by atoms with E-state index >= 15 is 0 Å². The highest BCUT2D eigenvalue weighted by atomic mass is 19.2. The van der Waals surface area contributed by atoms with E-state index < -0.39 is 40.8 Å².